The van der Waals surface area contributed by atoms with Gasteiger partial charge >= 0.3 is 0 Å². The van der Waals surface area contributed by atoms with Crippen LogP contribution in [-0.4, -0.2) is 60.2 Å². The summed E-state index contributed by atoms with van der Waals surface area (Å²) in [7, 11) is 1.95. The predicted octanol–water partition coefficient (Wildman–Crippen LogP) is 6.32. The molecule has 5 rings (SSSR count). The summed E-state index contributed by atoms with van der Waals surface area (Å²) in [6, 6.07) is 14.4. The van der Waals surface area contributed by atoms with Crippen LogP contribution in [0.25, 0.3) is 0 Å². The average molecular weight is 649 g/mol. The molecule has 2 aromatic rings. The Morgan fingerprint density at radius 3 is 2.30 bits per heavy atom. The number of rotatable bonds is 8. The summed E-state index contributed by atoms with van der Waals surface area (Å²) in [5.41, 5.74) is 9.35. The normalized spacial score (nSPS) is 22.4. The molecule has 2 unspecified atom stereocenters. The number of hydrogen-bond acceptors (Lipinski definition) is 4. The van der Waals surface area contributed by atoms with E-state index in [-0.39, 0.29) is 23.1 Å². The molecule has 46 heavy (non-hydrogen) atoms. The van der Waals surface area contributed by atoms with E-state index in [1.54, 1.807) is 0 Å². The molecule has 250 valence electrons. The van der Waals surface area contributed by atoms with Crippen LogP contribution in [-0.2, 0) is 27.2 Å². The van der Waals surface area contributed by atoms with Crippen molar-refractivity contribution >= 4 is 29.3 Å². The molecule has 1 aliphatic heterocycles. The average Bonchev–Trinajstić information content (AvgIpc) is 3.05. The lowest BCUT2D eigenvalue weighted by Gasteiger charge is -2.50. The van der Waals surface area contributed by atoms with Crippen molar-refractivity contribution < 1.29 is 14.4 Å². The van der Waals surface area contributed by atoms with Crippen LogP contribution >= 0.6 is 11.6 Å². The molecule has 1 heterocycles. The van der Waals surface area contributed by atoms with E-state index in [4.69, 9.17) is 17.3 Å². The minimum Gasteiger partial charge on any atom is -0.345 e. The van der Waals surface area contributed by atoms with Gasteiger partial charge in [0.25, 0.3) is 0 Å². The van der Waals surface area contributed by atoms with Crippen LogP contribution in [0.15, 0.2) is 48.5 Å². The maximum Gasteiger partial charge on any atom is 0.245 e. The van der Waals surface area contributed by atoms with Crippen molar-refractivity contribution in [2.75, 3.05) is 26.7 Å². The van der Waals surface area contributed by atoms with Gasteiger partial charge in [0.15, 0.2) is 0 Å². The Morgan fingerprint density at radius 1 is 1.00 bits per heavy atom. The monoisotopic (exact) mass is 648 g/mol. The van der Waals surface area contributed by atoms with Crippen molar-refractivity contribution in [2.24, 2.45) is 28.4 Å². The van der Waals surface area contributed by atoms with E-state index in [1.807, 2.05) is 80.1 Å². The molecule has 0 radical (unpaired) electrons. The minimum atomic E-state index is -0.703. The number of hydrogen-bond donors (Lipinski definition) is 2. The Bertz CT molecular complexity index is 1370. The molecule has 2 aliphatic carbocycles. The second-order valence-electron chi connectivity index (χ2n) is 15.2. The van der Waals surface area contributed by atoms with Crippen molar-refractivity contribution in [1.82, 2.24) is 15.1 Å². The Morgan fingerprint density at radius 2 is 1.65 bits per heavy atom. The number of piperidine rings is 1. The fourth-order valence-corrected chi connectivity index (χ4v) is 8.47. The van der Waals surface area contributed by atoms with Gasteiger partial charge in [0.05, 0.1) is 5.92 Å². The first-order valence-corrected chi connectivity index (χ1v) is 17.7. The van der Waals surface area contributed by atoms with Gasteiger partial charge in [0.2, 0.25) is 17.7 Å². The second kappa shape index (κ2) is 14.5. The zero-order valence-electron chi connectivity index (χ0n) is 28.2. The molecule has 3 aliphatic rings. The van der Waals surface area contributed by atoms with Gasteiger partial charge in [-0.2, -0.15) is 0 Å². The molecule has 2 aromatic carbocycles. The molecule has 1 saturated heterocycles. The summed E-state index contributed by atoms with van der Waals surface area (Å²) in [4.78, 5) is 45.3. The molecular weight excluding hydrogens is 596 g/mol. The highest BCUT2D eigenvalue weighted by molar-refractivity contribution is 6.30. The first kappa shape index (κ1) is 34.4. The Kier molecular flexibility index (Phi) is 10.8. The van der Waals surface area contributed by atoms with Crippen LogP contribution in [0.2, 0.25) is 5.02 Å². The van der Waals surface area contributed by atoms with E-state index in [2.05, 4.69) is 11.4 Å². The Hall–Kier alpha value is -2.90. The number of amides is 3. The third kappa shape index (κ3) is 7.79. The number of halogens is 1. The van der Waals surface area contributed by atoms with Gasteiger partial charge in [-0.3, -0.25) is 14.4 Å². The number of aryl methyl sites for hydroxylation is 1. The third-order valence-corrected chi connectivity index (χ3v) is 11.2. The van der Waals surface area contributed by atoms with Crippen LogP contribution in [0.5, 0.6) is 0 Å². The quantitative estimate of drug-likeness (QED) is 0.350. The summed E-state index contributed by atoms with van der Waals surface area (Å²) in [6.07, 6.45) is 9.65. The van der Waals surface area contributed by atoms with Crippen molar-refractivity contribution in [3.05, 3.63) is 70.2 Å². The highest BCUT2D eigenvalue weighted by Crippen LogP contribution is 2.47. The number of carbonyl (C=O) groups excluding carboxylic acids is 3. The summed E-state index contributed by atoms with van der Waals surface area (Å²) >= 11 is 6.16. The van der Waals surface area contributed by atoms with Crippen LogP contribution in [0, 0.1) is 22.7 Å². The van der Waals surface area contributed by atoms with Crippen molar-refractivity contribution in [2.45, 2.75) is 97.1 Å². The van der Waals surface area contributed by atoms with Crippen LogP contribution in [0.1, 0.15) is 94.9 Å². The number of benzene rings is 2. The summed E-state index contributed by atoms with van der Waals surface area (Å²) in [6.45, 7) is 7.91. The lowest BCUT2D eigenvalue weighted by molar-refractivity contribution is -0.144. The maximum absolute atomic E-state index is 14.3. The highest BCUT2D eigenvalue weighted by atomic mass is 35.5. The molecule has 2 fully saturated rings. The van der Waals surface area contributed by atoms with E-state index in [9.17, 15) is 14.4 Å². The third-order valence-electron chi connectivity index (χ3n) is 11.0. The molecule has 0 bridgehead atoms. The standard InChI is InChI=1S/C38H53ClN4O3/c1-37(2,3)36(46)42(4)25-38(28-11-6-5-7-12-28)20-22-43(23-21-38)35(45)32(24-26-14-17-29(39)18-15-26)41-34(44)31-19-16-27-10-8-9-13-30(27)33(31)40/h8-10,13-15,17-18,28,31-33H,5-7,11-12,16,19-25,40H2,1-4H3,(H,41,44)/t31?,32-,33?/m1/s1. The lowest BCUT2D eigenvalue weighted by atomic mass is 9.63. The molecule has 3 amide bonds. The zero-order chi connectivity index (χ0) is 33.1. The van der Waals surface area contributed by atoms with Gasteiger partial charge in [-0.05, 0) is 78.7 Å². The van der Waals surface area contributed by atoms with Gasteiger partial charge in [-0.25, -0.2) is 0 Å². The predicted molar refractivity (Wildman–Crippen MR) is 184 cm³/mol. The molecule has 3 N–H and O–H groups in total. The van der Waals surface area contributed by atoms with Crippen molar-refractivity contribution in [3.63, 3.8) is 0 Å². The number of carbonyl (C=O) groups is 3. The van der Waals surface area contributed by atoms with Crippen LogP contribution in [0.3, 0.4) is 0 Å². The minimum absolute atomic E-state index is 0.00988. The van der Waals surface area contributed by atoms with Gasteiger partial charge in [-0.1, -0.05) is 88.0 Å². The maximum atomic E-state index is 14.3. The number of nitrogens with one attached hydrogen (secondary N) is 1. The second-order valence-corrected chi connectivity index (χ2v) is 15.6. The topological polar surface area (TPSA) is 95.7 Å². The molecular formula is C38H53ClN4O3. The lowest BCUT2D eigenvalue weighted by Crippen LogP contribution is -2.57. The van der Waals surface area contributed by atoms with Crippen LogP contribution < -0.4 is 11.1 Å². The van der Waals surface area contributed by atoms with Crippen molar-refractivity contribution in [1.29, 1.82) is 0 Å². The fourth-order valence-electron chi connectivity index (χ4n) is 8.34. The van der Waals surface area contributed by atoms with E-state index in [1.165, 1.54) is 37.7 Å². The fraction of sp³-hybridized carbons (Fsp3) is 0.605. The number of fused-ring (bicyclic) bond motifs is 1. The van der Waals surface area contributed by atoms with E-state index < -0.39 is 23.4 Å². The summed E-state index contributed by atoms with van der Waals surface area (Å²) < 4.78 is 0. The molecule has 8 heteroatoms. The van der Waals surface area contributed by atoms with E-state index in [0.717, 1.165) is 36.9 Å². The van der Waals surface area contributed by atoms with Gasteiger partial charge in [-0.15, -0.1) is 0 Å². The largest absolute Gasteiger partial charge is 0.345 e. The Labute approximate surface area is 280 Å². The van der Waals surface area contributed by atoms with Crippen LogP contribution in [0.4, 0.5) is 0 Å². The van der Waals surface area contributed by atoms with E-state index >= 15 is 0 Å². The number of likely N-dealkylation sites (tertiary alicyclic amines) is 1. The smallest absolute Gasteiger partial charge is 0.245 e. The SMILES string of the molecule is CN(CC1(C2CCCCC2)CCN(C(=O)[C@@H](Cc2ccc(Cl)cc2)NC(=O)C2CCc3ccccc3C2N)CC1)C(=O)C(C)(C)C. The van der Waals surface area contributed by atoms with Gasteiger partial charge < -0.3 is 20.9 Å². The molecule has 0 spiro atoms. The molecule has 7 nitrogen and oxygen atoms in total. The number of nitrogens with two attached hydrogens (primary N) is 1. The van der Waals surface area contributed by atoms with Gasteiger partial charge in [0, 0.05) is 49.6 Å². The highest BCUT2D eigenvalue weighted by Gasteiger charge is 2.45. The van der Waals surface area contributed by atoms with E-state index in [0.29, 0.717) is 36.9 Å². The molecule has 0 aromatic heterocycles. The Balaban J connectivity index is 1.33. The molecule has 1 saturated carbocycles. The summed E-state index contributed by atoms with van der Waals surface area (Å²) in [5, 5.41) is 3.79. The number of nitrogens with zero attached hydrogens (tertiary/aromatic N) is 2. The molecule has 3 atom stereocenters. The summed E-state index contributed by atoms with van der Waals surface area (Å²) in [5.74, 6) is 0.102. The first-order valence-electron chi connectivity index (χ1n) is 17.3. The zero-order valence-corrected chi connectivity index (χ0v) is 29.0. The first-order chi connectivity index (χ1) is 21.9. The van der Waals surface area contributed by atoms with Gasteiger partial charge in [0.1, 0.15) is 6.04 Å². The van der Waals surface area contributed by atoms with Crippen molar-refractivity contribution in [3.8, 4) is 0 Å².